The van der Waals surface area contributed by atoms with E-state index < -0.39 is 11.6 Å². The van der Waals surface area contributed by atoms with Gasteiger partial charge in [-0.05, 0) is 57.9 Å². The zero-order valence-corrected chi connectivity index (χ0v) is 19.5. The van der Waals surface area contributed by atoms with E-state index in [1.54, 1.807) is 23.9 Å². The van der Waals surface area contributed by atoms with Gasteiger partial charge in [-0.2, -0.15) is 5.10 Å². The van der Waals surface area contributed by atoms with E-state index in [9.17, 15) is 9.59 Å². The van der Waals surface area contributed by atoms with Crippen LogP contribution in [0.1, 0.15) is 52.3 Å². The topological polar surface area (TPSA) is 99.1 Å². The van der Waals surface area contributed by atoms with Gasteiger partial charge in [-0.15, -0.1) is 0 Å². The molecule has 0 aliphatic rings. The zero-order valence-electron chi connectivity index (χ0n) is 19.5. The van der Waals surface area contributed by atoms with Gasteiger partial charge in [0.2, 0.25) is 0 Å². The molecule has 2 aromatic heterocycles. The number of nitrogens with one attached hydrogen (secondary N) is 1. The van der Waals surface area contributed by atoms with Gasteiger partial charge in [-0.25, -0.2) is 9.78 Å². The van der Waals surface area contributed by atoms with Gasteiger partial charge in [-0.3, -0.25) is 9.48 Å². The van der Waals surface area contributed by atoms with Crippen molar-refractivity contribution in [2.45, 2.75) is 53.1 Å². The van der Waals surface area contributed by atoms with E-state index in [1.807, 2.05) is 39.8 Å². The molecule has 0 fully saturated rings. The summed E-state index contributed by atoms with van der Waals surface area (Å²) in [6, 6.07) is 5.46. The number of hydrogen-bond acceptors (Lipinski definition) is 6. The van der Waals surface area contributed by atoms with E-state index in [0.29, 0.717) is 34.8 Å². The van der Waals surface area contributed by atoms with Crippen LogP contribution in [0.2, 0.25) is 0 Å². The van der Waals surface area contributed by atoms with Crippen LogP contribution in [0.5, 0.6) is 5.75 Å². The van der Waals surface area contributed by atoms with E-state index in [0.717, 1.165) is 24.1 Å². The van der Waals surface area contributed by atoms with Crippen molar-refractivity contribution in [3.63, 3.8) is 0 Å². The molecule has 2 heterocycles. The van der Waals surface area contributed by atoms with E-state index in [-0.39, 0.29) is 5.56 Å². The molecule has 8 nitrogen and oxygen atoms in total. The summed E-state index contributed by atoms with van der Waals surface area (Å²) in [7, 11) is 1.74. The Morgan fingerprint density at radius 3 is 2.66 bits per heavy atom. The van der Waals surface area contributed by atoms with Crippen LogP contribution >= 0.6 is 0 Å². The number of benzene rings is 1. The number of aryl methyl sites for hydroxylation is 2. The van der Waals surface area contributed by atoms with Crippen LogP contribution in [0.15, 0.2) is 29.1 Å². The molecule has 0 bridgehead atoms. The summed E-state index contributed by atoms with van der Waals surface area (Å²) in [5.41, 5.74) is 2.36. The second kappa shape index (κ2) is 9.38. The van der Waals surface area contributed by atoms with E-state index in [1.165, 1.54) is 6.08 Å². The van der Waals surface area contributed by atoms with Crippen molar-refractivity contribution < 1.29 is 14.3 Å². The minimum Gasteiger partial charge on any atom is -0.493 e. The summed E-state index contributed by atoms with van der Waals surface area (Å²) >= 11 is 0. The summed E-state index contributed by atoms with van der Waals surface area (Å²) in [5, 5.41) is 4.47. The fraction of sp³-hybridized carbons (Fsp3) is 0.417. The normalized spacial score (nSPS) is 11.9. The largest absolute Gasteiger partial charge is 0.493 e. The molecule has 8 heteroatoms. The SMILES string of the molecule is CCCc1nn(C)c2c(=O)[nH]c(-c3cc(/C=C/C(=O)OC(C)(C)C)ccc3OCC)nc12. The Bertz CT molecular complexity index is 1220. The third-order valence-electron chi connectivity index (χ3n) is 4.63. The molecule has 0 spiro atoms. The highest BCUT2D eigenvalue weighted by Gasteiger charge is 2.18. The monoisotopic (exact) mass is 438 g/mol. The molecule has 0 aliphatic carbocycles. The first-order valence-corrected chi connectivity index (χ1v) is 10.8. The molecule has 3 aromatic rings. The van der Waals surface area contributed by atoms with Crippen LogP contribution in [0, 0.1) is 0 Å². The number of H-pyrrole nitrogens is 1. The second-order valence-corrected chi connectivity index (χ2v) is 8.49. The fourth-order valence-corrected chi connectivity index (χ4v) is 3.40. The number of aromatic nitrogens is 4. The van der Waals surface area contributed by atoms with Crippen molar-refractivity contribution in [1.82, 2.24) is 19.7 Å². The molecule has 170 valence electrons. The van der Waals surface area contributed by atoms with Crippen molar-refractivity contribution in [1.29, 1.82) is 0 Å². The lowest BCUT2D eigenvalue weighted by molar-refractivity contribution is -0.148. The molecule has 3 rings (SSSR count). The van der Waals surface area contributed by atoms with Crippen molar-refractivity contribution in [3.8, 4) is 17.1 Å². The van der Waals surface area contributed by atoms with E-state index >= 15 is 0 Å². The minimum atomic E-state index is -0.565. The van der Waals surface area contributed by atoms with Crippen LogP contribution in [0.4, 0.5) is 0 Å². The predicted molar refractivity (Wildman–Crippen MR) is 125 cm³/mol. The van der Waals surface area contributed by atoms with E-state index in [2.05, 4.69) is 17.0 Å². The molecule has 0 unspecified atom stereocenters. The summed E-state index contributed by atoms with van der Waals surface area (Å²) < 4.78 is 12.7. The van der Waals surface area contributed by atoms with Crippen molar-refractivity contribution >= 4 is 23.1 Å². The average Bonchev–Trinajstić information content (AvgIpc) is 3.02. The number of ether oxygens (including phenoxy) is 2. The van der Waals surface area contributed by atoms with Gasteiger partial charge in [0.25, 0.3) is 5.56 Å². The molecule has 0 saturated heterocycles. The van der Waals surface area contributed by atoms with Crippen LogP contribution in [0.25, 0.3) is 28.5 Å². The lowest BCUT2D eigenvalue weighted by atomic mass is 10.1. The van der Waals surface area contributed by atoms with Crippen LogP contribution in [-0.4, -0.2) is 37.9 Å². The lowest BCUT2D eigenvalue weighted by Crippen LogP contribution is -2.22. The number of fused-ring (bicyclic) bond motifs is 1. The third kappa shape index (κ3) is 5.25. The van der Waals surface area contributed by atoms with Crippen LogP contribution < -0.4 is 10.3 Å². The molecule has 0 atom stereocenters. The Hall–Kier alpha value is -3.42. The summed E-state index contributed by atoms with van der Waals surface area (Å²) in [6.45, 7) is 9.86. The molecule has 1 aromatic carbocycles. The standard InChI is InChI=1S/C24H30N4O4/c1-7-9-17-20-21(28(6)27-17)23(30)26-22(25-20)16-14-15(10-12-18(16)31-8-2)11-13-19(29)32-24(3,4)5/h10-14H,7-9H2,1-6H3,(H,25,26,30)/b13-11+. The second-order valence-electron chi connectivity index (χ2n) is 8.49. The molecule has 0 saturated carbocycles. The molecule has 0 radical (unpaired) electrons. The maximum absolute atomic E-state index is 12.8. The Morgan fingerprint density at radius 2 is 2.00 bits per heavy atom. The number of aromatic amines is 1. The van der Waals surface area contributed by atoms with Gasteiger partial charge in [0.05, 0.1) is 17.9 Å². The molecule has 0 aliphatic heterocycles. The molecular weight excluding hydrogens is 408 g/mol. The molecule has 32 heavy (non-hydrogen) atoms. The highest BCUT2D eigenvalue weighted by Crippen LogP contribution is 2.30. The Kier molecular flexibility index (Phi) is 6.81. The summed E-state index contributed by atoms with van der Waals surface area (Å²) in [5.74, 6) is 0.551. The highest BCUT2D eigenvalue weighted by atomic mass is 16.6. The molecule has 1 N–H and O–H groups in total. The van der Waals surface area contributed by atoms with Gasteiger partial charge in [0.15, 0.2) is 5.52 Å². The smallest absolute Gasteiger partial charge is 0.331 e. The maximum atomic E-state index is 12.8. The van der Waals surface area contributed by atoms with Crippen molar-refractivity contribution in [2.24, 2.45) is 7.05 Å². The first-order chi connectivity index (χ1) is 15.1. The number of nitrogens with zero attached hydrogens (tertiary/aromatic N) is 3. The molecular formula is C24H30N4O4. The maximum Gasteiger partial charge on any atom is 0.331 e. The Morgan fingerprint density at radius 1 is 1.25 bits per heavy atom. The van der Waals surface area contributed by atoms with Gasteiger partial charge >= 0.3 is 5.97 Å². The Balaban J connectivity index is 2.08. The summed E-state index contributed by atoms with van der Waals surface area (Å²) in [6.07, 6.45) is 4.66. The number of rotatable bonds is 7. The zero-order chi connectivity index (χ0) is 23.5. The highest BCUT2D eigenvalue weighted by molar-refractivity contribution is 5.88. The quantitative estimate of drug-likeness (QED) is 0.442. The van der Waals surface area contributed by atoms with Gasteiger partial charge in [0.1, 0.15) is 22.7 Å². The van der Waals surface area contributed by atoms with Crippen molar-refractivity contribution in [3.05, 3.63) is 45.9 Å². The van der Waals surface area contributed by atoms with E-state index in [4.69, 9.17) is 14.5 Å². The van der Waals surface area contributed by atoms with Gasteiger partial charge < -0.3 is 14.5 Å². The fourth-order valence-electron chi connectivity index (χ4n) is 3.40. The van der Waals surface area contributed by atoms with Crippen LogP contribution in [0.3, 0.4) is 0 Å². The minimum absolute atomic E-state index is 0.264. The molecule has 0 amide bonds. The van der Waals surface area contributed by atoms with Crippen molar-refractivity contribution in [2.75, 3.05) is 6.61 Å². The van der Waals surface area contributed by atoms with Crippen LogP contribution in [-0.2, 0) is 23.0 Å². The Labute approximate surface area is 187 Å². The predicted octanol–water partition coefficient (Wildman–Crippen LogP) is 4.03. The number of carbonyl (C=O) groups excluding carboxylic acids is 1. The first-order valence-electron chi connectivity index (χ1n) is 10.8. The summed E-state index contributed by atoms with van der Waals surface area (Å²) in [4.78, 5) is 32.5. The number of esters is 1. The van der Waals surface area contributed by atoms with Gasteiger partial charge in [0, 0.05) is 13.1 Å². The average molecular weight is 439 g/mol. The first kappa shape index (κ1) is 23.2. The third-order valence-corrected chi connectivity index (χ3v) is 4.63. The lowest BCUT2D eigenvalue weighted by Gasteiger charge is -2.17. The number of carbonyl (C=O) groups is 1. The number of hydrogen-bond donors (Lipinski definition) is 1. The van der Waals surface area contributed by atoms with Gasteiger partial charge in [-0.1, -0.05) is 19.4 Å².